The van der Waals surface area contributed by atoms with Gasteiger partial charge in [-0.2, -0.15) is 0 Å². The minimum Gasteiger partial charge on any atom is -0.481 e. The average molecular weight is 381 g/mol. The third kappa shape index (κ3) is 4.86. The standard InChI is InChI=1S/C24H32N2O2/c1-4-26(5-2)21-15-13-19(14-16-21)17-25-24(27)18(3)28-23-12-8-10-20-9-6-7-11-22(20)23/h8,10,12-16,18H,4-7,9,11,17H2,1-3H3,(H,25,27)/t18-/m1/s1. The maximum atomic E-state index is 12.5. The Morgan fingerprint density at radius 2 is 1.79 bits per heavy atom. The Morgan fingerprint density at radius 1 is 1.07 bits per heavy atom. The number of aryl methyl sites for hydroxylation is 1. The maximum absolute atomic E-state index is 12.5. The largest absolute Gasteiger partial charge is 0.481 e. The summed E-state index contributed by atoms with van der Waals surface area (Å²) in [5.41, 5.74) is 4.95. The van der Waals surface area contributed by atoms with Crippen molar-refractivity contribution in [2.45, 2.75) is 59.1 Å². The van der Waals surface area contributed by atoms with Gasteiger partial charge in [0.15, 0.2) is 6.10 Å². The Morgan fingerprint density at radius 3 is 2.50 bits per heavy atom. The van der Waals surface area contributed by atoms with Crippen LogP contribution in [0, 0.1) is 0 Å². The summed E-state index contributed by atoms with van der Waals surface area (Å²) in [5.74, 6) is 0.782. The molecule has 0 bridgehead atoms. The summed E-state index contributed by atoms with van der Waals surface area (Å²) < 4.78 is 6.02. The molecule has 3 rings (SSSR count). The molecule has 1 aliphatic carbocycles. The number of ether oxygens (including phenoxy) is 1. The maximum Gasteiger partial charge on any atom is 0.261 e. The molecule has 150 valence electrons. The van der Waals surface area contributed by atoms with Gasteiger partial charge >= 0.3 is 0 Å². The van der Waals surface area contributed by atoms with E-state index in [1.165, 1.54) is 29.7 Å². The molecule has 0 unspecified atom stereocenters. The van der Waals surface area contributed by atoms with E-state index in [4.69, 9.17) is 4.74 Å². The number of carbonyl (C=O) groups is 1. The number of carbonyl (C=O) groups excluding carboxylic acids is 1. The number of anilines is 1. The van der Waals surface area contributed by atoms with Crippen LogP contribution in [0.2, 0.25) is 0 Å². The van der Waals surface area contributed by atoms with Crippen molar-refractivity contribution in [1.82, 2.24) is 5.32 Å². The number of amides is 1. The molecule has 2 aromatic carbocycles. The van der Waals surface area contributed by atoms with Gasteiger partial charge in [-0.15, -0.1) is 0 Å². The third-order valence-electron chi connectivity index (χ3n) is 5.56. The Balaban J connectivity index is 1.55. The molecule has 0 radical (unpaired) electrons. The average Bonchev–Trinajstić information content (AvgIpc) is 2.74. The summed E-state index contributed by atoms with van der Waals surface area (Å²) in [5, 5.41) is 3.00. The predicted octanol–water partition coefficient (Wildman–Crippen LogP) is 4.50. The molecule has 1 aliphatic rings. The summed E-state index contributed by atoms with van der Waals surface area (Å²) in [6, 6.07) is 14.6. The van der Waals surface area contributed by atoms with Gasteiger partial charge in [0.25, 0.3) is 5.91 Å². The van der Waals surface area contributed by atoms with Gasteiger partial charge in [-0.3, -0.25) is 4.79 Å². The lowest BCUT2D eigenvalue weighted by atomic mass is 9.91. The van der Waals surface area contributed by atoms with Crippen LogP contribution in [0.15, 0.2) is 42.5 Å². The van der Waals surface area contributed by atoms with Gasteiger partial charge in [0.2, 0.25) is 0 Å². The van der Waals surface area contributed by atoms with E-state index in [9.17, 15) is 4.79 Å². The molecule has 0 heterocycles. The first-order chi connectivity index (χ1) is 13.6. The minimum atomic E-state index is -0.511. The van der Waals surface area contributed by atoms with E-state index in [0.717, 1.165) is 37.2 Å². The van der Waals surface area contributed by atoms with Crippen LogP contribution in [-0.2, 0) is 24.2 Å². The van der Waals surface area contributed by atoms with Crippen molar-refractivity contribution < 1.29 is 9.53 Å². The van der Waals surface area contributed by atoms with Gasteiger partial charge in [0.05, 0.1) is 0 Å². The van der Waals surface area contributed by atoms with Crippen molar-refractivity contribution in [1.29, 1.82) is 0 Å². The lowest BCUT2D eigenvalue weighted by Crippen LogP contribution is -2.36. The first kappa shape index (κ1) is 20.2. The third-order valence-corrected chi connectivity index (χ3v) is 5.56. The fourth-order valence-corrected chi connectivity index (χ4v) is 3.85. The smallest absolute Gasteiger partial charge is 0.261 e. The summed E-state index contributed by atoms with van der Waals surface area (Å²) in [7, 11) is 0. The predicted molar refractivity (Wildman–Crippen MR) is 115 cm³/mol. The van der Waals surface area contributed by atoms with Crippen molar-refractivity contribution in [3.05, 3.63) is 59.2 Å². The number of benzene rings is 2. The number of hydrogen-bond acceptors (Lipinski definition) is 3. The summed E-state index contributed by atoms with van der Waals surface area (Å²) in [6.45, 7) is 8.63. The molecule has 0 saturated heterocycles. The first-order valence-corrected chi connectivity index (χ1v) is 10.5. The van der Waals surface area contributed by atoms with Crippen LogP contribution >= 0.6 is 0 Å². The molecule has 0 saturated carbocycles. The lowest BCUT2D eigenvalue weighted by Gasteiger charge is -2.22. The van der Waals surface area contributed by atoms with Gasteiger partial charge in [0, 0.05) is 25.3 Å². The molecule has 2 aromatic rings. The zero-order valence-corrected chi connectivity index (χ0v) is 17.3. The van der Waals surface area contributed by atoms with E-state index in [0.29, 0.717) is 6.54 Å². The highest BCUT2D eigenvalue weighted by molar-refractivity contribution is 5.80. The van der Waals surface area contributed by atoms with Gasteiger partial charge in [-0.1, -0.05) is 24.3 Å². The highest BCUT2D eigenvalue weighted by atomic mass is 16.5. The summed E-state index contributed by atoms with van der Waals surface area (Å²) in [4.78, 5) is 14.8. The van der Waals surface area contributed by atoms with Crippen molar-refractivity contribution in [2.24, 2.45) is 0 Å². The van der Waals surface area contributed by atoms with Crippen LogP contribution < -0.4 is 15.0 Å². The Kier molecular flexibility index (Phi) is 6.96. The summed E-state index contributed by atoms with van der Waals surface area (Å²) >= 11 is 0. The lowest BCUT2D eigenvalue weighted by molar-refractivity contribution is -0.127. The zero-order valence-electron chi connectivity index (χ0n) is 17.3. The van der Waals surface area contributed by atoms with Crippen LogP contribution in [-0.4, -0.2) is 25.1 Å². The second-order valence-corrected chi connectivity index (χ2v) is 7.42. The number of nitrogens with zero attached hydrogens (tertiary/aromatic N) is 1. The van der Waals surface area contributed by atoms with Gasteiger partial charge in [0.1, 0.15) is 5.75 Å². The van der Waals surface area contributed by atoms with E-state index < -0.39 is 6.10 Å². The Labute approximate surface area is 168 Å². The van der Waals surface area contributed by atoms with E-state index in [2.05, 4.69) is 54.4 Å². The van der Waals surface area contributed by atoms with Crippen LogP contribution in [0.1, 0.15) is 50.3 Å². The molecule has 4 heteroatoms. The van der Waals surface area contributed by atoms with Crippen LogP contribution in [0.4, 0.5) is 5.69 Å². The number of fused-ring (bicyclic) bond motifs is 1. The molecule has 0 aliphatic heterocycles. The number of nitrogens with one attached hydrogen (secondary N) is 1. The van der Waals surface area contributed by atoms with Gasteiger partial charge in [-0.05, 0) is 81.3 Å². The van der Waals surface area contributed by atoms with Crippen molar-refractivity contribution in [2.75, 3.05) is 18.0 Å². The van der Waals surface area contributed by atoms with Crippen LogP contribution in [0.5, 0.6) is 5.75 Å². The molecule has 0 fully saturated rings. The fraction of sp³-hybridized carbons (Fsp3) is 0.458. The van der Waals surface area contributed by atoms with Gasteiger partial charge in [-0.25, -0.2) is 0 Å². The molecular formula is C24H32N2O2. The first-order valence-electron chi connectivity index (χ1n) is 10.5. The quantitative estimate of drug-likeness (QED) is 0.733. The highest BCUT2D eigenvalue weighted by Gasteiger charge is 2.19. The fourth-order valence-electron chi connectivity index (χ4n) is 3.85. The van der Waals surface area contributed by atoms with E-state index in [1.54, 1.807) is 0 Å². The topological polar surface area (TPSA) is 41.6 Å². The van der Waals surface area contributed by atoms with Crippen molar-refractivity contribution >= 4 is 11.6 Å². The molecule has 0 aromatic heterocycles. The molecule has 1 amide bonds. The van der Waals surface area contributed by atoms with Crippen molar-refractivity contribution in [3.63, 3.8) is 0 Å². The molecule has 1 N–H and O–H groups in total. The molecule has 0 spiro atoms. The molecule has 4 nitrogen and oxygen atoms in total. The normalized spacial score (nSPS) is 14.1. The van der Waals surface area contributed by atoms with Crippen molar-refractivity contribution in [3.8, 4) is 5.75 Å². The highest BCUT2D eigenvalue weighted by Crippen LogP contribution is 2.30. The summed E-state index contributed by atoms with van der Waals surface area (Å²) in [6.07, 6.45) is 4.06. The SMILES string of the molecule is CCN(CC)c1ccc(CNC(=O)[C@@H](C)Oc2cccc3c2CCCC3)cc1. The molecule has 28 heavy (non-hydrogen) atoms. The second kappa shape index (κ2) is 9.63. The van der Waals surface area contributed by atoms with E-state index >= 15 is 0 Å². The second-order valence-electron chi connectivity index (χ2n) is 7.42. The number of hydrogen-bond donors (Lipinski definition) is 1. The van der Waals surface area contributed by atoms with E-state index in [-0.39, 0.29) is 5.91 Å². The van der Waals surface area contributed by atoms with E-state index in [1.807, 2.05) is 19.1 Å². The Bertz CT molecular complexity index is 782. The van der Waals surface area contributed by atoms with Crippen LogP contribution in [0.25, 0.3) is 0 Å². The number of rotatable bonds is 8. The monoisotopic (exact) mass is 380 g/mol. The Hall–Kier alpha value is -2.49. The van der Waals surface area contributed by atoms with Crippen LogP contribution in [0.3, 0.4) is 0 Å². The minimum absolute atomic E-state index is 0.0822. The zero-order chi connectivity index (χ0) is 19.9. The molecular weight excluding hydrogens is 348 g/mol. The van der Waals surface area contributed by atoms with Gasteiger partial charge < -0.3 is 15.0 Å². The molecule has 1 atom stereocenters.